The van der Waals surface area contributed by atoms with Crippen LogP contribution in [-0.2, 0) is 14.8 Å². The number of hydrogen-bond donors (Lipinski definition) is 2. The lowest BCUT2D eigenvalue weighted by atomic mass is 10.2. The molecule has 0 atom stereocenters. The number of carbonyl (C=O) groups excluding carboxylic acids is 1. The second kappa shape index (κ2) is 9.42. The predicted molar refractivity (Wildman–Crippen MR) is 86.4 cm³/mol. The van der Waals surface area contributed by atoms with E-state index in [1.54, 1.807) is 6.92 Å². The molecule has 1 amide bonds. The van der Waals surface area contributed by atoms with Crippen LogP contribution in [0.3, 0.4) is 0 Å². The highest BCUT2D eigenvalue weighted by Gasteiger charge is 2.06. The Balaban J connectivity index is 2.10. The van der Waals surface area contributed by atoms with Crippen LogP contribution in [0.2, 0.25) is 0 Å². The van der Waals surface area contributed by atoms with Gasteiger partial charge in [0.15, 0.2) is 0 Å². The van der Waals surface area contributed by atoms with E-state index in [-0.39, 0.29) is 24.7 Å². The molecule has 22 heavy (non-hydrogen) atoms. The topological polar surface area (TPSA) is 84.5 Å². The van der Waals surface area contributed by atoms with E-state index in [4.69, 9.17) is 4.74 Å². The van der Waals surface area contributed by atoms with Crippen molar-refractivity contribution in [3.05, 3.63) is 29.8 Å². The summed E-state index contributed by atoms with van der Waals surface area (Å²) < 4.78 is 30.3. The van der Waals surface area contributed by atoms with Gasteiger partial charge in [0.25, 0.3) is 0 Å². The first-order valence-corrected chi connectivity index (χ1v) is 9.02. The molecule has 0 unspecified atom stereocenters. The van der Waals surface area contributed by atoms with Crippen LogP contribution in [0.5, 0.6) is 5.75 Å². The van der Waals surface area contributed by atoms with Crippen molar-refractivity contribution >= 4 is 15.9 Å². The van der Waals surface area contributed by atoms with Crippen molar-refractivity contribution in [2.45, 2.75) is 26.7 Å². The molecule has 0 heterocycles. The van der Waals surface area contributed by atoms with Crippen LogP contribution in [0.25, 0.3) is 0 Å². The molecule has 1 rings (SSSR count). The number of ether oxygens (including phenoxy) is 1. The Morgan fingerprint density at radius 1 is 1.23 bits per heavy atom. The monoisotopic (exact) mass is 328 g/mol. The molecule has 0 radical (unpaired) electrons. The standard InChI is InChI=1S/C15H24N2O4S/c1-3-22(19,20)17-11-10-16-15(18)9-6-12-21-14-8-5-4-7-13(14)2/h4-5,7-8,17H,3,6,9-12H2,1-2H3,(H,16,18). The van der Waals surface area contributed by atoms with Gasteiger partial charge in [0.1, 0.15) is 5.75 Å². The van der Waals surface area contributed by atoms with Crippen LogP contribution in [0.1, 0.15) is 25.3 Å². The van der Waals surface area contributed by atoms with Gasteiger partial charge in [0.05, 0.1) is 12.4 Å². The average Bonchev–Trinajstić information content (AvgIpc) is 2.50. The minimum absolute atomic E-state index is 0.0389. The summed E-state index contributed by atoms with van der Waals surface area (Å²) in [5.74, 6) is 0.762. The van der Waals surface area contributed by atoms with E-state index >= 15 is 0 Å². The molecule has 0 aliphatic heterocycles. The summed E-state index contributed by atoms with van der Waals surface area (Å²) in [5, 5.41) is 2.67. The van der Waals surface area contributed by atoms with Crippen LogP contribution < -0.4 is 14.8 Å². The largest absolute Gasteiger partial charge is 0.493 e. The van der Waals surface area contributed by atoms with Crippen molar-refractivity contribution in [1.29, 1.82) is 0 Å². The van der Waals surface area contributed by atoms with Crippen LogP contribution in [0, 0.1) is 6.92 Å². The summed E-state index contributed by atoms with van der Waals surface area (Å²) >= 11 is 0. The van der Waals surface area contributed by atoms with Gasteiger partial charge in [-0.1, -0.05) is 18.2 Å². The van der Waals surface area contributed by atoms with Gasteiger partial charge in [-0.2, -0.15) is 0 Å². The summed E-state index contributed by atoms with van der Waals surface area (Å²) in [6.07, 6.45) is 0.966. The molecule has 1 aromatic carbocycles. The van der Waals surface area contributed by atoms with Crippen LogP contribution >= 0.6 is 0 Å². The molecule has 0 saturated carbocycles. The lowest BCUT2D eigenvalue weighted by molar-refractivity contribution is -0.121. The first kappa shape index (κ1) is 18.4. The highest BCUT2D eigenvalue weighted by molar-refractivity contribution is 7.89. The molecule has 0 fully saturated rings. The van der Waals surface area contributed by atoms with E-state index in [1.165, 1.54) is 0 Å². The maximum atomic E-state index is 11.6. The highest BCUT2D eigenvalue weighted by Crippen LogP contribution is 2.16. The smallest absolute Gasteiger partial charge is 0.220 e. The quantitative estimate of drug-likeness (QED) is 0.632. The van der Waals surface area contributed by atoms with Crippen LogP contribution in [0.15, 0.2) is 24.3 Å². The fraction of sp³-hybridized carbons (Fsp3) is 0.533. The van der Waals surface area contributed by atoms with E-state index in [0.717, 1.165) is 11.3 Å². The molecule has 0 saturated heterocycles. The number of carbonyl (C=O) groups is 1. The zero-order valence-corrected chi connectivity index (χ0v) is 13.9. The average molecular weight is 328 g/mol. The number of amides is 1. The third-order valence-corrected chi connectivity index (χ3v) is 4.45. The lowest BCUT2D eigenvalue weighted by Crippen LogP contribution is -2.35. The van der Waals surface area contributed by atoms with E-state index in [2.05, 4.69) is 10.0 Å². The Labute approximate surface area is 132 Å². The number of aryl methyl sites for hydroxylation is 1. The van der Waals surface area contributed by atoms with E-state index in [9.17, 15) is 13.2 Å². The summed E-state index contributed by atoms with van der Waals surface area (Å²) in [5.41, 5.74) is 1.06. The Kier molecular flexibility index (Phi) is 7.90. The Hall–Kier alpha value is -1.60. The van der Waals surface area contributed by atoms with Crippen molar-refractivity contribution in [2.24, 2.45) is 0 Å². The summed E-state index contributed by atoms with van der Waals surface area (Å²) in [6.45, 7) is 4.51. The van der Waals surface area contributed by atoms with Gasteiger partial charge in [-0.15, -0.1) is 0 Å². The SMILES string of the molecule is CCS(=O)(=O)NCCNC(=O)CCCOc1ccccc1C. The Morgan fingerprint density at radius 3 is 2.64 bits per heavy atom. The third kappa shape index (κ3) is 7.42. The molecule has 7 heteroatoms. The van der Waals surface area contributed by atoms with Crippen LogP contribution in [-0.4, -0.2) is 39.8 Å². The summed E-state index contributed by atoms with van der Waals surface area (Å²) in [6, 6.07) is 7.73. The summed E-state index contributed by atoms with van der Waals surface area (Å²) in [4.78, 5) is 11.6. The number of nitrogens with one attached hydrogen (secondary N) is 2. The molecule has 124 valence electrons. The number of para-hydroxylation sites is 1. The lowest BCUT2D eigenvalue weighted by Gasteiger charge is -2.09. The molecular weight excluding hydrogens is 304 g/mol. The van der Waals surface area contributed by atoms with Crippen LogP contribution in [0.4, 0.5) is 0 Å². The van der Waals surface area contributed by atoms with E-state index in [1.807, 2.05) is 31.2 Å². The van der Waals surface area contributed by atoms with Gasteiger partial charge in [-0.05, 0) is 31.9 Å². The molecule has 0 aliphatic rings. The minimum Gasteiger partial charge on any atom is -0.493 e. The molecule has 6 nitrogen and oxygen atoms in total. The van der Waals surface area contributed by atoms with Crippen molar-refractivity contribution in [1.82, 2.24) is 10.0 Å². The number of sulfonamides is 1. The van der Waals surface area contributed by atoms with Gasteiger partial charge in [-0.25, -0.2) is 13.1 Å². The van der Waals surface area contributed by atoms with Crippen molar-refractivity contribution in [3.8, 4) is 5.75 Å². The molecule has 0 aromatic heterocycles. The van der Waals surface area contributed by atoms with Gasteiger partial charge >= 0.3 is 0 Å². The molecule has 2 N–H and O–H groups in total. The maximum absolute atomic E-state index is 11.6. The fourth-order valence-corrected chi connectivity index (χ4v) is 2.35. The molecule has 1 aromatic rings. The van der Waals surface area contributed by atoms with Gasteiger partial charge < -0.3 is 10.1 Å². The fourth-order valence-electron chi connectivity index (χ4n) is 1.73. The second-order valence-electron chi connectivity index (χ2n) is 4.87. The number of hydrogen-bond acceptors (Lipinski definition) is 4. The molecular formula is C15H24N2O4S. The van der Waals surface area contributed by atoms with Crippen molar-refractivity contribution in [3.63, 3.8) is 0 Å². The van der Waals surface area contributed by atoms with Gasteiger partial charge in [0.2, 0.25) is 15.9 Å². The molecule has 0 aliphatic carbocycles. The normalized spacial score (nSPS) is 11.2. The minimum atomic E-state index is -3.19. The second-order valence-corrected chi connectivity index (χ2v) is 6.96. The molecule has 0 bridgehead atoms. The zero-order valence-electron chi connectivity index (χ0n) is 13.1. The number of rotatable bonds is 10. The van der Waals surface area contributed by atoms with Gasteiger partial charge in [-0.3, -0.25) is 4.79 Å². The first-order valence-electron chi connectivity index (χ1n) is 7.37. The zero-order chi connectivity index (χ0) is 16.4. The molecule has 0 spiro atoms. The first-order chi connectivity index (χ1) is 10.4. The van der Waals surface area contributed by atoms with E-state index in [0.29, 0.717) is 19.4 Å². The Bertz CT molecular complexity index is 573. The predicted octanol–water partition coefficient (Wildman–Crippen LogP) is 1.21. The highest BCUT2D eigenvalue weighted by atomic mass is 32.2. The maximum Gasteiger partial charge on any atom is 0.220 e. The summed E-state index contributed by atoms with van der Waals surface area (Å²) in [7, 11) is -3.19. The van der Waals surface area contributed by atoms with Gasteiger partial charge in [0, 0.05) is 19.5 Å². The van der Waals surface area contributed by atoms with Crippen molar-refractivity contribution in [2.75, 3.05) is 25.4 Å². The number of benzene rings is 1. The van der Waals surface area contributed by atoms with E-state index < -0.39 is 10.0 Å². The third-order valence-electron chi connectivity index (χ3n) is 3.05. The van der Waals surface area contributed by atoms with Crippen molar-refractivity contribution < 1.29 is 17.9 Å². The Morgan fingerprint density at radius 2 is 1.95 bits per heavy atom.